The SMILES string of the molecule is CCNC1(c2ccc(OC)cc2)CCCCC1.Cl. The van der Waals surface area contributed by atoms with Gasteiger partial charge >= 0.3 is 0 Å². The zero-order valence-corrected chi connectivity index (χ0v) is 12.2. The Bertz CT molecular complexity index is 339. The fourth-order valence-corrected chi connectivity index (χ4v) is 2.97. The number of hydrogen-bond donors (Lipinski definition) is 1. The minimum Gasteiger partial charge on any atom is -0.497 e. The van der Waals surface area contributed by atoms with Crippen LogP contribution in [-0.2, 0) is 5.54 Å². The molecule has 0 heterocycles. The van der Waals surface area contributed by atoms with Crippen molar-refractivity contribution in [1.29, 1.82) is 0 Å². The maximum absolute atomic E-state index is 5.23. The summed E-state index contributed by atoms with van der Waals surface area (Å²) < 4.78 is 5.23. The van der Waals surface area contributed by atoms with E-state index in [1.54, 1.807) is 7.11 Å². The van der Waals surface area contributed by atoms with E-state index in [1.807, 2.05) is 0 Å². The Morgan fingerprint density at radius 2 is 1.72 bits per heavy atom. The highest BCUT2D eigenvalue weighted by molar-refractivity contribution is 5.85. The summed E-state index contributed by atoms with van der Waals surface area (Å²) in [7, 11) is 1.72. The lowest BCUT2D eigenvalue weighted by Gasteiger charge is -2.38. The van der Waals surface area contributed by atoms with Crippen LogP contribution in [0.4, 0.5) is 0 Å². The van der Waals surface area contributed by atoms with E-state index in [2.05, 4.69) is 36.5 Å². The molecule has 0 radical (unpaired) electrons. The third-order valence-corrected chi connectivity index (χ3v) is 3.86. The van der Waals surface area contributed by atoms with Gasteiger partial charge in [0.1, 0.15) is 5.75 Å². The molecule has 0 spiro atoms. The Kier molecular flexibility index (Phi) is 5.97. The van der Waals surface area contributed by atoms with Crippen LogP contribution in [0.1, 0.15) is 44.6 Å². The molecular formula is C15H24ClNO. The molecule has 1 saturated carbocycles. The molecule has 2 nitrogen and oxygen atoms in total. The lowest BCUT2D eigenvalue weighted by atomic mass is 9.76. The van der Waals surface area contributed by atoms with Crippen molar-refractivity contribution in [3.05, 3.63) is 29.8 Å². The molecule has 18 heavy (non-hydrogen) atoms. The number of methoxy groups -OCH3 is 1. The first kappa shape index (κ1) is 15.3. The van der Waals surface area contributed by atoms with Crippen molar-refractivity contribution < 1.29 is 4.74 Å². The number of hydrogen-bond acceptors (Lipinski definition) is 2. The highest BCUT2D eigenvalue weighted by Crippen LogP contribution is 2.37. The van der Waals surface area contributed by atoms with Gasteiger partial charge in [-0.2, -0.15) is 0 Å². The minimum absolute atomic E-state index is 0. The van der Waals surface area contributed by atoms with Gasteiger partial charge in [0.25, 0.3) is 0 Å². The van der Waals surface area contributed by atoms with Gasteiger partial charge in [-0.25, -0.2) is 0 Å². The summed E-state index contributed by atoms with van der Waals surface area (Å²) in [6.45, 7) is 3.23. The minimum atomic E-state index is 0. The van der Waals surface area contributed by atoms with Crippen LogP contribution in [0.25, 0.3) is 0 Å². The normalized spacial score (nSPS) is 17.9. The van der Waals surface area contributed by atoms with E-state index in [-0.39, 0.29) is 17.9 Å². The summed E-state index contributed by atoms with van der Waals surface area (Å²) in [5.41, 5.74) is 1.62. The predicted octanol–water partition coefficient (Wildman–Crippen LogP) is 3.89. The summed E-state index contributed by atoms with van der Waals surface area (Å²) >= 11 is 0. The second-order valence-corrected chi connectivity index (χ2v) is 4.90. The van der Waals surface area contributed by atoms with Crippen LogP contribution in [0.2, 0.25) is 0 Å². The van der Waals surface area contributed by atoms with Gasteiger partial charge in [0.2, 0.25) is 0 Å². The van der Waals surface area contributed by atoms with Gasteiger partial charge in [0.15, 0.2) is 0 Å². The van der Waals surface area contributed by atoms with E-state index in [9.17, 15) is 0 Å². The topological polar surface area (TPSA) is 21.3 Å². The fraction of sp³-hybridized carbons (Fsp3) is 0.600. The molecule has 1 aromatic rings. The van der Waals surface area contributed by atoms with Crippen molar-refractivity contribution in [2.45, 2.75) is 44.6 Å². The predicted molar refractivity (Wildman–Crippen MR) is 78.7 cm³/mol. The molecule has 1 aliphatic rings. The molecule has 0 unspecified atom stereocenters. The smallest absolute Gasteiger partial charge is 0.118 e. The molecule has 102 valence electrons. The van der Waals surface area contributed by atoms with E-state index in [1.165, 1.54) is 37.7 Å². The summed E-state index contributed by atoms with van der Waals surface area (Å²) in [5, 5.41) is 3.71. The second-order valence-electron chi connectivity index (χ2n) is 4.90. The van der Waals surface area contributed by atoms with Crippen molar-refractivity contribution in [3.63, 3.8) is 0 Å². The molecule has 0 atom stereocenters. The van der Waals surface area contributed by atoms with E-state index < -0.39 is 0 Å². The Morgan fingerprint density at radius 1 is 1.11 bits per heavy atom. The van der Waals surface area contributed by atoms with Crippen LogP contribution in [0.5, 0.6) is 5.75 Å². The third kappa shape index (κ3) is 3.18. The zero-order chi connectivity index (χ0) is 12.1. The Labute approximate surface area is 117 Å². The van der Waals surface area contributed by atoms with Gasteiger partial charge in [-0.1, -0.05) is 38.3 Å². The molecule has 3 heteroatoms. The maximum atomic E-state index is 5.23. The van der Waals surface area contributed by atoms with Crippen molar-refractivity contribution in [1.82, 2.24) is 5.32 Å². The number of nitrogens with one attached hydrogen (secondary N) is 1. The summed E-state index contributed by atoms with van der Waals surface area (Å²) in [4.78, 5) is 0. The second kappa shape index (κ2) is 7.01. The van der Waals surface area contributed by atoms with Crippen LogP contribution in [-0.4, -0.2) is 13.7 Å². The van der Waals surface area contributed by atoms with Gasteiger partial charge < -0.3 is 10.1 Å². The zero-order valence-electron chi connectivity index (χ0n) is 11.4. The number of ether oxygens (including phenoxy) is 1. The van der Waals surface area contributed by atoms with Crippen molar-refractivity contribution in [3.8, 4) is 5.75 Å². The molecule has 1 N–H and O–H groups in total. The number of rotatable bonds is 4. The molecule has 1 aliphatic carbocycles. The third-order valence-electron chi connectivity index (χ3n) is 3.86. The van der Waals surface area contributed by atoms with Gasteiger partial charge in [-0.15, -0.1) is 12.4 Å². The van der Waals surface area contributed by atoms with Gasteiger partial charge in [-0.3, -0.25) is 0 Å². The molecule has 0 saturated heterocycles. The molecular weight excluding hydrogens is 246 g/mol. The Morgan fingerprint density at radius 3 is 2.22 bits per heavy atom. The van der Waals surface area contributed by atoms with Crippen LogP contribution < -0.4 is 10.1 Å². The summed E-state index contributed by atoms with van der Waals surface area (Å²) in [6, 6.07) is 8.58. The van der Waals surface area contributed by atoms with Crippen LogP contribution in [0.15, 0.2) is 24.3 Å². The molecule has 1 aromatic carbocycles. The van der Waals surface area contributed by atoms with Gasteiger partial charge in [-0.05, 0) is 37.1 Å². The average Bonchev–Trinajstić information content (AvgIpc) is 2.40. The van der Waals surface area contributed by atoms with Crippen molar-refractivity contribution in [2.24, 2.45) is 0 Å². The van der Waals surface area contributed by atoms with Crippen LogP contribution in [0.3, 0.4) is 0 Å². The van der Waals surface area contributed by atoms with Gasteiger partial charge in [0, 0.05) is 5.54 Å². The highest BCUT2D eigenvalue weighted by Gasteiger charge is 2.32. The first-order valence-electron chi connectivity index (χ1n) is 6.70. The standard InChI is InChI=1S/C15H23NO.ClH/c1-3-16-15(11-5-4-6-12-15)13-7-9-14(17-2)10-8-13;/h7-10,16H,3-6,11-12H2,1-2H3;1H. The Balaban J connectivity index is 0.00000162. The molecule has 0 amide bonds. The fourth-order valence-electron chi connectivity index (χ4n) is 2.97. The average molecular weight is 270 g/mol. The first-order valence-corrected chi connectivity index (χ1v) is 6.70. The van der Waals surface area contributed by atoms with Crippen molar-refractivity contribution in [2.75, 3.05) is 13.7 Å². The summed E-state index contributed by atoms with van der Waals surface area (Å²) in [6.07, 6.45) is 6.56. The van der Waals surface area contributed by atoms with E-state index in [0.29, 0.717) is 0 Å². The lowest BCUT2D eigenvalue weighted by molar-refractivity contribution is 0.238. The monoisotopic (exact) mass is 269 g/mol. The maximum Gasteiger partial charge on any atom is 0.118 e. The number of halogens is 1. The van der Waals surface area contributed by atoms with Crippen LogP contribution >= 0.6 is 12.4 Å². The molecule has 1 fully saturated rings. The van der Waals surface area contributed by atoms with E-state index >= 15 is 0 Å². The molecule has 0 aliphatic heterocycles. The molecule has 0 aromatic heterocycles. The number of benzene rings is 1. The lowest BCUT2D eigenvalue weighted by Crippen LogP contribution is -2.43. The molecule has 0 bridgehead atoms. The first-order chi connectivity index (χ1) is 8.30. The van der Waals surface area contributed by atoms with Crippen molar-refractivity contribution >= 4 is 12.4 Å². The Hall–Kier alpha value is -0.730. The highest BCUT2D eigenvalue weighted by atomic mass is 35.5. The quantitative estimate of drug-likeness (QED) is 0.896. The van der Waals surface area contributed by atoms with Crippen LogP contribution in [0, 0.1) is 0 Å². The van der Waals surface area contributed by atoms with E-state index in [4.69, 9.17) is 4.74 Å². The summed E-state index contributed by atoms with van der Waals surface area (Å²) in [5.74, 6) is 0.941. The van der Waals surface area contributed by atoms with Gasteiger partial charge in [0.05, 0.1) is 7.11 Å². The largest absolute Gasteiger partial charge is 0.497 e. The molecule has 2 rings (SSSR count). The van der Waals surface area contributed by atoms with E-state index in [0.717, 1.165) is 12.3 Å².